The number of alkyl halides is 7. The summed E-state index contributed by atoms with van der Waals surface area (Å²) < 4.78 is 134. The minimum atomic E-state index is -6.35. The highest BCUT2D eigenvalue weighted by molar-refractivity contribution is 7.92. The average Bonchev–Trinajstić information content (AvgIpc) is 3.19. The van der Waals surface area contributed by atoms with Gasteiger partial charge in [0.25, 0.3) is 0 Å². The predicted molar refractivity (Wildman–Crippen MR) is 109 cm³/mol. The first-order valence-corrected chi connectivity index (χ1v) is 12.2. The molecule has 0 aliphatic heterocycles. The van der Waals surface area contributed by atoms with Crippen LogP contribution >= 0.6 is 0 Å². The maximum Gasteiger partial charge on any atom is 0.435 e. The third-order valence-corrected chi connectivity index (χ3v) is 9.88. The normalized spacial score (nSPS) is 24.8. The van der Waals surface area contributed by atoms with Crippen LogP contribution in [-0.2, 0) is 31.5 Å². The molecule has 4 rings (SSSR count). The van der Waals surface area contributed by atoms with Crippen molar-refractivity contribution in [2.45, 2.75) is 53.3 Å². The number of rotatable bonds is 4. The Balaban J connectivity index is 1.97. The lowest BCUT2D eigenvalue weighted by Crippen LogP contribution is -2.51. The van der Waals surface area contributed by atoms with E-state index in [0.29, 0.717) is 12.1 Å². The van der Waals surface area contributed by atoms with Crippen LogP contribution in [0.3, 0.4) is 0 Å². The number of carbonyl (C=O) groups is 1. The second-order valence-electron chi connectivity index (χ2n) is 9.00. The van der Waals surface area contributed by atoms with Crippen molar-refractivity contribution in [3.8, 4) is 0 Å². The molecule has 0 aromatic heterocycles. The maximum absolute atomic E-state index is 14.7. The Morgan fingerprint density at radius 2 is 1.50 bits per heavy atom. The standard InChI is InChI=1S/C23H18F8O4S/c24-14-3-5-15(6-4-14)36(34,35)20-10-9-16(19(32)33)18(20)7-1-12-11-13(2-8-17(12)20)21(25,22(26,27)28)23(29,30)31/h2-6,8,11,16,18H,1,7,9-10H2,(H,32,33)/t16-,18-,20+/m0/s1. The second-order valence-corrected chi connectivity index (χ2v) is 11.2. The summed E-state index contributed by atoms with van der Waals surface area (Å²) in [5.41, 5.74) is -7.88. The first-order chi connectivity index (χ1) is 16.5. The number of carboxylic acids is 1. The number of halogens is 8. The number of fused-ring (bicyclic) bond motifs is 3. The quantitative estimate of drug-likeness (QED) is 0.389. The Hall–Kier alpha value is -2.70. The fourth-order valence-electron chi connectivity index (χ4n) is 5.67. The molecular weight excluding hydrogens is 524 g/mol. The van der Waals surface area contributed by atoms with E-state index >= 15 is 0 Å². The van der Waals surface area contributed by atoms with E-state index in [1.165, 1.54) is 0 Å². The van der Waals surface area contributed by atoms with Gasteiger partial charge in [-0.05, 0) is 67.0 Å². The van der Waals surface area contributed by atoms with Crippen LogP contribution in [0.5, 0.6) is 0 Å². The molecule has 0 radical (unpaired) electrons. The molecule has 196 valence electrons. The topological polar surface area (TPSA) is 71.4 Å². The van der Waals surface area contributed by atoms with Crippen molar-refractivity contribution < 1.29 is 53.4 Å². The van der Waals surface area contributed by atoms with Gasteiger partial charge in [-0.25, -0.2) is 17.2 Å². The lowest BCUT2D eigenvalue weighted by atomic mass is 9.72. The summed E-state index contributed by atoms with van der Waals surface area (Å²) in [5.74, 6) is -4.28. The largest absolute Gasteiger partial charge is 0.481 e. The number of aryl methyl sites for hydroxylation is 1. The van der Waals surface area contributed by atoms with Gasteiger partial charge in [-0.1, -0.05) is 18.2 Å². The third-order valence-electron chi connectivity index (χ3n) is 7.30. The average molecular weight is 542 g/mol. The van der Waals surface area contributed by atoms with Gasteiger partial charge in [-0.3, -0.25) is 4.79 Å². The number of aliphatic carboxylic acids is 1. The number of benzene rings is 2. The summed E-state index contributed by atoms with van der Waals surface area (Å²) in [6.45, 7) is 0. The van der Waals surface area contributed by atoms with Crippen LogP contribution < -0.4 is 0 Å². The minimum absolute atomic E-state index is 0.125. The summed E-state index contributed by atoms with van der Waals surface area (Å²) in [4.78, 5) is 11.5. The van der Waals surface area contributed by atoms with Crippen LogP contribution in [-0.4, -0.2) is 31.8 Å². The summed E-state index contributed by atoms with van der Waals surface area (Å²) in [6.07, 6.45) is -13.6. The van der Waals surface area contributed by atoms with E-state index in [2.05, 4.69) is 0 Å². The van der Waals surface area contributed by atoms with Gasteiger partial charge in [-0.15, -0.1) is 0 Å². The molecule has 0 unspecified atom stereocenters. The third kappa shape index (κ3) is 3.52. The molecule has 0 bridgehead atoms. The van der Waals surface area contributed by atoms with Crippen LogP contribution in [0.25, 0.3) is 0 Å². The van der Waals surface area contributed by atoms with Gasteiger partial charge < -0.3 is 5.11 Å². The highest BCUT2D eigenvalue weighted by Gasteiger charge is 2.73. The molecule has 0 saturated heterocycles. The van der Waals surface area contributed by atoms with Gasteiger partial charge in [0, 0.05) is 5.56 Å². The van der Waals surface area contributed by atoms with Gasteiger partial charge in [0.2, 0.25) is 0 Å². The molecule has 2 aliphatic rings. The second kappa shape index (κ2) is 8.15. The zero-order valence-electron chi connectivity index (χ0n) is 18.1. The van der Waals surface area contributed by atoms with Gasteiger partial charge in [-0.2, -0.15) is 26.3 Å². The molecule has 4 nitrogen and oxygen atoms in total. The van der Waals surface area contributed by atoms with Crippen LogP contribution in [0.4, 0.5) is 35.1 Å². The molecule has 1 fully saturated rings. The summed E-state index contributed by atoms with van der Waals surface area (Å²) >= 11 is 0. The highest BCUT2D eigenvalue weighted by Crippen LogP contribution is 2.60. The molecule has 1 saturated carbocycles. The highest BCUT2D eigenvalue weighted by atomic mass is 32.2. The van der Waals surface area contributed by atoms with Crippen molar-refractivity contribution in [2.24, 2.45) is 11.8 Å². The first-order valence-electron chi connectivity index (χ1n) is 10.7. The van der Waals surface area contributed by atoms with E-state index in [-0.39, 0.29) is 47.8 Å². The van der Waals surface area contributed by atoms with Crippen LogP contribution in [0.2, 0.25) is 0 Å². The smallest absolute Gasteiger partial charge is 0.435 e. The number of hydrogen-bond acceptors (Lipinski definition) is 3. The maximum atomic E-state index is 14.7. The Labute approximate surface area is 199 Å². The lowest BCUT2D eigenvalue weighted by Gasteiger charge is -2.42. The molecule has 1 N–H and O–H groups in total. The number of sulfone groups is 1. The Morgan fingerprint density at radius 3 is 2.03 bits per heavy atom. The predicted octanol–water partition coefficient (Wildman–Crippen LogP) is 5.84. The van der Waals surface area contributed by atoms with E-state index in [9.17, 15) is 53.4 Å². The molecule has 2 aromatic carbocycles. The Bertz CT molecular complexity index is 1290. The monoisotopic (exact) mass is 542 g/mol. The van der Waals surface area contributed by atoms with E-state index in [0.717, 1.165) is 24.3 Å². The Kier molecular flexibility index (Phi) is 5.97. The molecule has 0 heterocycles. The molecule has 2 aliphatic carbocycles. The van der Waals surface area contributed by atoms with Gasteiger partial charge in [0.05, 0.1) is 10.8 Å². The summed E-state index contributed by atoms with van der Waals surface area (Å²) in [6, 6.07) is 4.95. The summed E-state index contributed by atoms with van der Waals surface area (Å²) in [5, 5.41) is 9.67. The fourth-order valence-corrected chi connectivity index (χ4v) is 8.15. The van der Waals surface area contributed by atoms with E-state index in [1.807, 2.05) is 0 Å². The zero-order valence-corrected chi connectivity index (χ0v) is 18.9. The summed E-state index contributed by atoms with van der Waals surface area (Å²) in [7, 11) is -4.53. The van der Waals surface area contributed by atoms with Crippen molar-refractivity contribution >= 4 is 15.8 Å². The van der Waals surface area contributed by atoms with E-state index < -0.39 is 61.8 Å². The Morgan fingerprint density at radius 1 is 0.917 bits per heavy atom. The van der Waals surface area contributed by atoms with Crippen molar-refractivity contribution in [1.29, 1.82) is 0 Å². The molecule has 13 heteroatoms. The zero-order chi connectivity index (χ0) is 26.9. The van der Waals surface area contributed by atoms with E-state index in [4.69, 9.17) is 0 Å². The number of hydrogen-bond donors (Lipinski definition) is 1. The van der Waals surface area contributed by atoms with Crippen LogP contribution in [0, 0.1) is 17.7 Å². The molecule has 0 spiro atoms. The van der Waals surface area contributed by atoms with Crippen molar-refractivity contribution in [3.05, 3.63) is 65.0 Å². The first kappa shape index (κ1) is 26.4. The van der Waals surface area contributed by atoms with E-state index in [1.54, 1.807) is 0 Å². The van der Waals surface area contributed by atoms with Gasteiger partial charge in [0.15, 0.2) is 9.84 Å². The molecule has 0 amide bonds. The van der Waals surface area contributed by atoms with Crippen molar-refractivity contribution in [1.82, 2.24) is 0 Å². The van der Waals surface area contributed by atoms with Gasteiger partial charge >= 0.3 is 24.0 Å². The number of carboxylic acid groups (broad SMARTS) is 1. The minimum Gasteiger partial charge on any atom is -0.481 e. The van der Waals surface area contributed by atoms with Crippen molar-refractivity contribution in [2.75, 3.05) is 0 Å². The molecule has 36 heavy (non-hydrogen) atoms. The molecular formula is C23H18F8O4S. The molecule has 2 aromatic rings. The van der Waals surface area contributed by atoms with Crippen LogP contribution in [0.1, 0.15) is 36.0 Å². The SMILES string of the molecule is O=C(O)[C@H]1CC[C@@]2(S(=O)(=O)c3ccc(F)cc3)c3ccc(C(F)(C(F)(F)F)C(F)(F)F)cc3CC[C@@H]12. The molecule has 3 atom stereocenters. The van der Waals surface area contributed by atoms with Crippen molar-refractivity contribution in [3.63, 3.8) is 0 Å². The van der Waals surface area contributed by atoms with Gasteiger partial charge in [0.1, 0.15) is 10.6 Å². The van der Waals surface area contributed by atoms with Crippen LogP contribution in [0.15, 0.2) is 47.4 Å². The fraction of sp³-hybridized carbons (Fsp3) is 0.435. The lowest BCUT2D eigenvalue weighted by molar-refractivity contribution is -0.348.